The third-order valence-electron chi connectivity index (χ3n) is 8.20. The lowest BCUT2D eigenvalue weighted by Gasteiger charge is -2.31. The SMILES string of the molecule is CC1=C(C)C2C(=C1)c1c(cc(C)c([Si](C)(C)C3=Cc4ccccc4C3)c1-c1ccccc1)N2Br. The van der Waals surface area contributed by atoms with Crippen LogP contribution in [-0.4, -0.2) is 14.1 Å². The first kappa shape index (κ1) is 21.9. The normalized spacial score (nSPS) is 18.6. The first-order chi connectivity index (χ1) is 16.3. The molecule has 1 heterocycles. The minimum absolute atomic E-state index is 0.284. The highest BCUT2D eigenvalue weighted by atomic mass is 79.9. The maximum atomic E-state index is 3.97. The summed E-state index contributed by atoms with van der Waals surface area (Å²) in [6, 6.07) is 22.7. The molecule has 1 atom stereocenters. The lowest BCUT2D eigenvalue weighted by atomic mass is 9.91. The Balaban J connectivity index is 1.63. The molecule has 3 aromatic rings. The molecule has 0 spiro atoms. The van der Waals surface area contributed by atoms with Crippen molar-refractivity contribution in [3.8, 4) is 11.1 Å². The molecule has 3 aliphatic rings. The summed E-state index contributed by atoms with van der Waals surface area (Å²) < 4.78 is 2.32. The smallest absolute Gasteiger partial charge is 0.109 e. The largest absolute Gasteiger partial charge is 0.297 e. The van der Waals surface area contributed by atoms with E-state index in [0.29, 0.717) is 0 Å². The van der Waals surface area contributed by atoms with Gasteiger partial charge >= 0.3 is 0 Å². The zero-order valence-electron chi connectivity index (χ0n) is 20.5. The summed E-state index contributed by atoms with van der Waals surface area (Å²) in [7, 11) is -1.97. The van der Waals surface area contributed by atoms with Crippen molar-refractivity contribution in [3.63, 3.8) is 0 Å². The quantitative estimate of drug-likeness (QED) is 0.248. The van der Waals surface area contributed by atoms with Crippen LogP contribution < -0.4 is 9.11 Å². The number of fused-ring (bicyclic) bond motifs is 4. The van der Waals surface area contributed by atoms with Crippen molar-refractivity contribution in [2.75, 3.05) is 3.93 Å². The Morgan fingerprint density at radius 3 is 2.32 bits per heavy atom. The van der Waals surface area contributed by atoms with Crippen LogP contribution in [-0.2, 0) is 6.42 Å². The van der Waals surface area contributed by atoms with Gasteiger partial charge in [-0.1, -0.05) is 85.0 Å². The van der Waals surface area contributed by atoms with Gasteiger partial charge in [0.25, 0.3) is 0 Å². The Bertz CT molecular complexity index is 1440. The van der Waals surface area contributed by atoms with Gasteiger partial charge in [-0.15, -0.1) is 0 Å². The Morgan fingerprint density at radius 1 is 0.882 bits per heavy atom. The van der Waals surface area contributed by atoms with E-state index in [2.05, 4.69) is 127 Å². The summed E-state index contributed by atoms with van der Waals surface area (Å²) in [5.74, 6) is 0. The molecule has 34 heavy (non-hydrogen) atoms. The van der Waals surface area contributed by atoms with Crippen LogP contribution in [0.3, 0.4) is 0 Å². The van der Waals surface area contributed by atoms with E-state index in [9.17, 15) is 0 Å². The van der Waals surface area contributed by atoms with Gasteiger partial charge in [-0.25, -0.2) is 0 Å². The highest BCUT2D eigenvalue weighted by Gasteiger charge is 2.43. The van der Waals surface area contributed by atoms with Crippen LogP contribution in [0.15, 0.2) is 83.1 Å². The number of nitrogens with zero attached hydrogens (tertiary/aromatic N) is 1. The van der Waals surface area contributed by atoms with E-state index in [1.807, 2.05) is 0 Å². The molecule has 0 amide bonds. The molecule has 0 N–H and O–H groups in total. The molecule has 3 heteroatoms. The van der Waals surface area contributed by atoms with Crippen LogP contribution in [0.25, 0.3) is 22.8 Å². The van der Waals surface area contributed by atoms with E-state index in [0.717, 1.165) is 6.42 Å². The molecule has 0 bridgehead atoms. The van der Waals surface area contributed by atoms with Gasteiger partial charge in [0, 0.05) is 5.56 Å². The van der Waals surface area contributed by atoms with Crippen molar-refractivity contribution in [1.82, 2.24) is 0 Å². The fraction of sp³-hybridized carbons (Fsp3) is 0.226. The van der Waals surface area contributed by atoms with Gasteiger partial charge < -0.3 is 0 Å². The Labute approximate surface area is 212 Å². The maximum Gasteiger partial charge on any atom is 0.109 e. The molecule has 3 aromatic carbocycles. The minimum atomic E-state index is -1.97. The number of hydrogen-bond acceptors (Lipinski definition) is 1. The highest BCUT2D eigenvalue weighted by Crippen LogP contribution is 2.53. The van der Waals surface area contributed by atoms with Crippen molar-refractivity contribution in [3.05, 3.63) is 105 Å². The van der Waals surface area contributed by atoms with Crippen LogP contribution in [0.2, 0.25) is 13.1 Å². The van der Waals surface area contributed by atoms with Crippen LogP contribution >= 0.6 is 16.1 Å². The molecule has 0 fully saturated rings. The molecule has 0 radical (unpaired) electrons. The molecule has 2 aliphatic carbocycles. The highest BCUT2D eigenvalue weighted by molar-refractivity contribution is 9.10. The van der Waals surface area contributed by atoms with Gasteiger partial charge in [0.05, 0.1) is 27.9 Å². The predicted molar refractivity (Wildman–Crippen MR) is 153 cm³/mol. The van der Waals surface area contributed by atoms with Crippen molar-refractivity contribution < 1.29 is 0 Å². The summed E-state index contributed by atoms with van der Waals surface area (Å²) in [5, 5.41) is 3.21. The monoisotopic (exact) mass is 523 g/mol. The van der Waals surface area contributed by atoms with E-state index in [1.54, 1.807) is 10.4 Å². The van der Waals surface area contributed by atoms with Crippen LogP contribution in [0.1, 0.15) is 36.1 Å². The lowest BCUT2D eigenvalue weighted by molar-refractivity contribution is 1.02. The standard InChI is InChI=1S/C31H30BrNSi/c1-19-15-26-29-27(33(32)30(26)21(19)3)16-20(2)31(28(29)22-11-7-6-8-12-22)34(4,5)25-17-23-13-9-10-14-24(23)18-25/h6-17,30H,18H2,1-5H3. The second-order valence-corrected chi connectivity index (χ2v) is 15.7. The van der Waals surface area contributed by atoms with E-state index in [1.165, 1.54) is 55.8 Å². The maximum absolute atomic E-state index is 3.97. The average Bonchev–Trinajstić information content (AvgIpc) is 3.47. The summed E-state index contributed by atoms with van der Waals surface area (Å²) >= 11 is 3.97. The van der Waals surface area contributed by atoms with Gasteiger partial charge in [0.1, 0.15) is 8.07 Å². The Kier molecular flexibility index (Phi) is 4.95. The number of hydrogen-bond donors (Lipinski definition) is 0. The lowest BCUT2D eigenvalue weighted by Crippen LogP contribution is -2.47. The molecule has 0 saturated carbocycles. The zero-order chi connectivity index (χ0) is 23.8. The number of benzene rings is 3. The summed E-state index contributed by atoms with van der Waals surface area (Å²) in [5.41, 5.74) is 14.1. The van der Waals surface area contributed by atoms with Gasteiger partial charge in [-0.2, -0.15) is 0 Å². The third-order valence-corrected chi connectivity index (χ3v) is 12.8. The predicted octanol–water partition coefficient (Wildman–Crippen LogP) is 7.99. The minimum Gasteiger partial charge on any atom is -0.297 e. The third kappa shape index (κ3) is 3.03. The number of allylic oxidation sites excluding steroid dienone is 3. The van der Waals surface area contributed by atoms with Crippen molar-refractivity contribution in [2.45, 2.75) is 46.3 Å². The Morgan fingerprint density at radius 2 is 1.59 bits per heavy atom. The topological polar surface area (TPSA) is 3.24 Å². The summed E-state index contributed by atoms with van der Waals surface area (Å²) in [6.45, 7) is 12.0. The van der Waals surface area contributed by atoms with Crippen molar-refractivity contribution in [2.24, 2.45) is 0 Å². The number of rotatable bonds is 3. The van der Waals surface area contributed by atoms with Gasteiger partial charge in [-0.3, -0.25) is 3.93 Å². The van der Waals surface area contributed by atoms with E-state index in [4.69, 9.17) is 0 Å². The fourth-order valence-corrected chi connectivity index (χ4v) is 10.5. The van der Waals surface area contributed by atoms with Crippen LogP contribution in [0, 0.1) is 6.92 Å². The van der Waals surface area contributed by atoms with Crippen molar-refractivity contribution in [1.29, 1.82) is 0 Å². The molecule has 0 saturated heterocycles. The van der Waals surface area contributed by atoms with E-state index in [-0.39, 0.29) is 6.04 Å². The molecule has 1 aliphatic heterocycles. The number of aryl methyl sites for hydroxylation is 1. The molecule has 1 nitrogen and oxygen atoms in total. The molecule has 1 unspecified atom stereocenters. The molecule has 6 rings (SSSR count). The molecule has 0 aromatic heterocycles. The van der Waals surface area contributed by atoms with Crippen molar-refractivity contribution >= 4 is 46.7 Å². The summed E-state index contributed by atoms with van der Waals surface area (Å²) in [4.78, 5) is 0. The second-order valence-electron chi connectivity index (χ2n) is 10.6. The molecular formula is C31H30BrNSi. The average molecular weight is 525 g/mol. The first-order valence-electron chi connectivity index (χ1n) is 12.2. The van der Waals surface area contributed by atoms with E-state index >= 15 is 0 Å². The number of halogens is 1. The van der Waals surface area contributed by atoms with Gasteiger partial charge in [0.15, 0.2) is 0 Å². The first-order valence-corrected chi connectivity index (χ1v) is 15.9. The number of anilines is 1. The van der Waals surface area contributed by atoms with Crippen LogP contribution in [0.4, 0.5) is 5.69 Å². The molecular weight excluding hydrogens is 494 g/mol. The van der Waals surface area contributed by atoms with Crippen LogP contribution in [0.5, 0.6) is 0 Å². The fourth-order valence-electron chi connectivity index (χ4n) is 6.32. The summed E-state index contributed by atoms with van der Waals surface area (Å²) in [6.07, 6.45) is 5.99. The zero-order valence-corrected chi connectivity index (χ0v) is 23.1. The molecule has 170 valence electrons. The second kappa shape index (κ2) is 7.69. The van der Waals surface area contributed by atoms with Gasteiger partial charge in [0.2, 0.25) is 0 Å². The van der Waals surface area contributed by atoms with E-state index < -0.39 is 8.07 Å². The Hall–Kier alpha value is -2.62. The van der Waals surface area contributed by atoms with Gasteiger partial charge in [-0.05, 0) is 83.0 Å².